The molecule has 0 N–H and O–H groups in total. The second kappa shape index (κ2) is 5.71. The molecule has 110 valence electrons. The Kier molecular flexibility index (Phi) is 4.15. The van der Waals surface area contributed by atoms with Gasteiger partial charge < -0.3 is 4.18 Å². The molecule has 2 aromatic rings. The number of halogens is 1. The second-order valence-corrected chi connectivity index (χ2v) is 6.20. The lowest BCUT2D eigenvalue weighted by molar-refractivity contribution is -0.385. The summed E-state index contributed by atoms with van der Waals surface area (Å²) < 4.78 is 29.0. The van der Waals surface area contributed by atoms with E-state index in [0.29, 0.717) is 0 Å². The second-order valence-electron chi connectivity index (χ2n) is 4.22. The van der Waals surface area contributed by atoms with Crippen molar-refractivity contribution < 1.29 is 17.5 Å². The minimum absolute atomic E-state index is 0.0858. The van der Waals surface area contributed by atoms with E-state index in [1.165, 1.54) is 18.2 Å². The van der Waals surface area contributed by atoms with Crippen LogP contribution in [-0.4, -0.2) is 13.3 Å². The largest absolute Gasteiger partial charge is 0.372 e. The number of hydrogen-bond donors (Lipinski definition) is 0. The van der Waals surface area contributed by atoms with Crippen LogP contribution in [0.2, 0.25) is 5.02 Å². The molecule has 0 saturated carbocycles. The van der Waals surface area contributed by atoms with E-state index in [1.54, 1.807) is 19.1 Å². The van der Waals surface area contributed by atoms with Gasteiger partial charge in [-0.25, -0.2) is 0 Å². The van der Waals surface area contributed by atoms with Gasteiger partial charge in [0.15, 0.2) is 0 Å². The van der Waals surface area contributed by atoms with Gasteiger partial charge in [0.1, 0.15) is 4.90 Å². The zero-order chi connectivity index (χ0) is 15.6. The third-order valence-electron chi connectivity index (χ3n) is 2.63. The van der Waals surface area contributed by atoms with Crippen LogP contribution in [0.5, 0.6) is 5.75 Å². The molecule has 8 heteroatoms. The normalized spacial score (nSPS) is 11.1. The summed E-state index contributed by atoms with van der Waals surface area (Å²) in [4.78, 5) is 10.1. The molecule has 0 fully saturated rings. The SMILES string of the molecule is Cc1ccc(S(=O)(=O)Oc2ccc(Cl)cc2[N+](=O)[O-])cc1. The van der Waals surface area contributed by atoms with Crippen LogP contribution in [0.15, 0.2) is 47.4 Å². The summed E-state index contributed by atoms with van der Waals surface area (Å²) in [7, 11) is -4.15. The zero-order valence-corrected chi connectivity index (χ0v) is 12.4. The molecular formula is C13H10ClNO5S. The van der Waals surface area contributed by atoms with Crippen LogP contribution in [0.4, 0.5) is 5.69 Å². The molecule has 0 amide bonds. The summed E-state index contributed by atoms with van der Waals surface area (Å²) in [6.45, 7) is 1.81. The summed E-state index contributed by atoms with van der Waals surface area (Å²) in [6.07, 6.45) is 0. The molecule has 0 aliphatic rings. The first-order chi connectivity index (χ1) is 9.79. The van der Waals surface area contributed by atoms with E-state index in [9.17, 15) is 18.5 Å². The molecular weight excluding hydrogens is 318 g/mol. The van der Waals surface area contributed by atoms with Crippen molar-refractivity contribution in [3.63, 3.8) is 0 Å². The van der Waals surface area contributed by atoms with E-state index < -0.39 is 20.7 Å². The summed E-state index contributed by atoms with van der Waals surface area (Å²) >= 11 is 5.66. The maximum absolute atomic E-state index is 12.1. The van der Waals surface area contributed by atoms with E-state index in [4.69, 9.17) is 15.8 Å². The fourth-order valence-corrected chi connectivity index (χ4v) is 2.68. The highest BCUT2D eigenvalue weighted by molar-refractivity contribution is 7.87. The van der Waals surface area contributed by atoms with Gasteiger partial charge in [-0.15, -0.1) is 0 Å². The van der Waals surface area contributed by atoms with Crippen LogP contribution in [0.1, 0.15) is 5.56 Å². The Balaban J connectivity index is 2.41. The molecule has 0 spiro atoms. The topological polar surface area (TPSA) is 86.5 Å². The van der Waals surface area contributed by atoms with Crippen LogP contribution < -0.4 is 4.18 Å². The molecule has 6 nitrogen and oxygen atoms in total. The fraction of sp³-hybridized carbons (Fsp3) is 0.0769. The molecule has 0 heterocycles. The van der Waals surface area contributed by atoms with Gasteiger partial charge in [-0.2, -0.15) is 8.42 Å². The summed E-state index contributed by atoms with van der Waals surface area (Å²) in [5.74, 6) is -0.384. The van der Waals surface area contributed by atoms with Crippen molar-refractivity contribution in [1.29, 1.82) is 0 Å². The number of benzene rings is 2. The standard InChI is InChI=1S/C13H10ClNO5S/c1-9-2-5-11(6-3-9)21(18,19)20-13-7-4-10(14)8-12(13)15(16)17/h2-8H,1H3. The average Bonchev–Trinajstić information content (AvgIpc) is 2.41. The first-order valence-electron chi connectivity index (χ1n) is 5.75. The number of hydrogen-bond acceptors (Lipinski definition) is 5. The van der Waals surface area contributed by atoms with Crippen LogP contribution in [0.25, 0.3) is 0 Å². The van der Waals surface area contributed by atoms with Gasteiger partial charge in [0, 0.05) is 11.1 Å². The highest BCUT2D eigenvalue weighted by Crippen LogP contribution is 2.32. The number of nitro groups is 1. The molecule has 0 aliphatic carbocycles. The molecule has 21 heavy (non-hydrogen) atoms. The Morgan fingerprint density at radius 2 is 1.76 bits per heavy atom. The third kappa shape index (κ3) is 3.50. The van der Waals surface area contributed by atoms with Crippen molar-refractivity contribution >= 4 is 27.4 Å². The van der Waals surface area contributed by atoms with Gasteiger partial charge in [-0.1, -0.05) is 29.3 Å². The van der Waals surface area contributed by atoms with Gasteiger partial charge >= 0.3 is 15.8 Å². The molecule has 0 aliphatic heterocycles. The quantitative estimate of drug-likeness (QED) is 0.488. The van der Waals surface area contributed by atoms with Crippen LogP contribution >= 0.6 is 11.6 Å². The van der Waals surface area contributed by atoms with Gasteiger partial charge in [-0.3, -0.25) is 10.1 Å². The number of aryl methyl sites for hydroxylation is 1. The highest BCUT2D eigenvalue weighted by atomic mass is 35.5. The van der Waals surface area contributed by atoms with E-state index in [2.05, 4.69) is 0 Å². The summed E-state index contributed by atoms with van der Waals surface area (Å²) in [5, 5.41) is 11.0. The maximum Gasteiger partial charge on any atom is 0.339 e. The minimum atomic E-state index is -4.15. The maximum atomic E-state index is 12.1. The average molecular weight is 328 g/mol. The molecule has 0 aromatic heterocycles. The summed E-state index contributed by atoms with van der Waals surface area (Å²) in [6, 6.07) is 9.43. The summed E-state index contributed by atoms with van der Waals surface area (Å²) in [5.41, 5.74) is 0.365. The smallest absolute Gasteiger partial charge is 0.339 e. The van der Waals surface area contributed by atoms with E-state index in [-0.39, 0.29) is 15.7 Å². The van der Waals surface area contributed by atoms with Crippen LogP contribution in [0.3, 0.4) is 0 Å². The van der Waals surface area contributed by atoms with Crippen LogP contribution in [0, 0.1) is 17.0 Å². The lowest BCUT2D eigenvalue weighted by atomic mass is 10.2. The molecule has 0 atom stereocenters. The molecule has 0 unspecified atom stereocenters. The van der Waals surface area contributed by atoms with Crippen molar-refractivity contribution in [3.8, 4) is 5.75 Å². The first kappa shape index (κ1) is 15.3. The number of nitrogens with zero attached hydrogens (tertiary/aromatic N) is 1. The van der Waals surface area contributed by atoms with Crippen molar-refractivity contribution in [2.45, 2.75) is 11.8 Å². The molecule has 2 aromatic carbocycles. The molecule has 2 rings (SSSR count). The molecule has 0 bridgehead atoms. The monoisotopic (exact) mass is 327 g/mol. The lowest BCUT2D eigenvalue weighted by Crippen LogP contribution is -2.10. The Hall–Kier alpha value is -2.12. The van der Waals surface area contributed by atoms with E-state index in [0.717, 1.165) is 17.7 Å². The van der Waals surface area contributed by atoms with Gasteiger partial charge in [0.2, 0.25) is 5.75 Å². The number of nitro benzene ring substituents is 1. The lowest BCUT2D eigenvalue weighted by Gasteiger charge is -2.07. The van der Waals surface area contributed by atoms with Crippen molar-refractivity contribution in [1.82, 2.24) is 0 Å². The Morgan fingerprint density at radius 1 is 1.14 bits per heavy atom. The molecule has 0 radical (unpaired) electrons. The number of rotatable bonds is 4. The zero-order valence-electron chi connectivity index (χ0n) is 10.8. The Morgan fingerprint density at radius 3 is 2.33 bits per heavy atom. The predicted octanol–water partition coefficient (Wildman–Crippen LogP) is 3.32. The van der Waals surface area contributed by atoms with Crippen molar-refractivity contribution in [3.05, 3.63) is 63.2 Å². The fourth-order valence-electron chi connectivity index (χ4n) is 1.57. The van der Waals surface area contributed by atoms with Crippen LogP contribution in [-0.2, 0) is 10.1 Å². The van der Waals surface area contributed by atoms with Crippen molar-refractivity contribution in [2.75, 3.05) is 0 Å². The highest BCUT2D eigenvalue weighted by Gasteiger charge is 2.23. The van der Waals surface area contributed by atoms with Gasteiger partial charge in [-0.05, 0) is 31.2 Å². The molecule has 0 saturated heterocycles. The van der Waals surface area contributed by atoms with Gasteiger partial charge in [0.05, 0.1) is 4.92 Å². The third-order valence-corrected chi connectivity index (χ3v) is 4.11. The van der Waals surface area contributed by atoms with E-state index in [1.807, 2.05) is 0 Å². The Labute approximate surface area is 126 Å². The first-order valence-corrected chi connectivity index (χ1v) is 7.53. The predicted molar refractivity (Wildman–Crippen MR) is 77.1 cm³/mol. The minimum Gasteiger partial charge on any atom is -0.372 e. The van der Waals surface area contributed by atoms with Gasteiger partial charge in [0.25, 0.3) is 0 Å². The Bertz CT molecular complexity index is 787. The van der Waals surface area contributed by atoms with Crippen molar-refractivity contribution in [2.24, 2.45) is 0 Å². The van der Waals surface area contributed by atoms with E-state index >= 15 is 0 Å².